The van der Waals surface area contributed by atoms with E-state index in [1.54, 1.807) is 6.20 Å². The molecular formula is C19H21N5O. The molecule has 1 fully saturated rings. The van der Waals surface area contributed by atoms with Gasteiger partial charge in [0.1, 0.15) is 0 Å². The molecule has 1 amide bonds. The van der Waals surface area contributed by atoms with Crippen molar-refractivity contribution in [3.05, 3.63) is 60.6 Å². The van der Waals surface area contributed by atoms with Crippen molar-refractivity contribution in [2.45, 2.75) is 19.4 Å². The molecule has 0 aliphatic carbocycles. The van der Waals surface area contributed by atoms with Gasteiger partial charge in [0.25, 0.3) is 5.91 Å². The van der Waals surface area contributed by atoms with Gasteiger partial charge in [-0.25, -0.2) is 0 Å². The molecule has 6 nitrogen and oxygen atoms in total. The zero-order valence-electron chi connectivity index (χ0n) is 14.0. The van der Waals surface area contributed by atoms with Crippen molar-refractivity contribution in [3.8, 4) is 11.3 Å². The Kier molecular flexibility index (Phi) is 4.33. The number of carbonyl (C=O) groups excluding carboxylic acids is 1. The second-order valence-electron chi connectivity index (χ2n) is 6.49. The van der Waals surface area contributed by atoms with Crippen LogP contribution in [-0.4, -0.2) is 43.9 Å². The number of nitrogens with zero attached hydrogens (tertiary/aromatic N) is 4. The lowest BCUT2D eigenvalue weighted by Gasteiger charge is -2.32. The number of rotatable bonds is 4. The predicted molar refractivity (Wildman–Crippen MR) is 94.9 cm³/mol. The number of aromatic nitrogens is 4. The van der Waals surface area contributed by atoms with Gasteiger partial charge in [-0.1, -0.05) is 30.3 Å². The Bertz CT molecular complexity index is 817. The van der Waals surface area contributed by atoms with Crippen LogP contribution in [0.2, 0.25) is 0 Å². The van der Waals surface area contributed by atoms with E-state index in [-0.39, 0.29) is 5.91 Å². The molecule has 1 aliphatic rings. The Labute approximate surface area is 146 Å². The van der Waals surface area contributed by atoms with Gasteiger partial charge >= 0.3 is 0 Å². The number of hydrogen-bond donors (Lipinski definition) is 1. The number of carbonyl (C=O) groups is 1. The summed E-state index contributed by atoms with van der Waals surface area (Å²) in [6.45, 7) is 2.49. The third kappa shape index (κ3) is 3.33. The summed E-state index contributed by atoms with van der Waals surface area (Å²) in [5.41, 5.74) is 2.43. The van der Waals surface area contributed by atoms with Gasteiger partial charge in [-0.3, -0.25) is 14.6 Å². The van der Waals surface area contributed by atoms with Crippen molar-refractivity contribution in [1.82, 2.24) is 24.9 Å². The standard InChI is InChI=1S/C19H21N5O/c25-19(17-13-20-22-18(17)16-5-2-1-3-6-16)23-11-7-15(8-12-23)14-24-10-4-9-21-24/h1-6,9-10,13,15H,7-8,11-12,14H2,(H,20,22). The van der Waals surface area contributed by atoms with Gasteiger partial charge in [0.15, 0.2) is 0 Å². The van der Waals surface area contributed by atoms with Crippen molar-refractivity contribution in [2.24, 2.45) is 5.92 Å². The molecule has 0 unspecified atom stereocenters. The number of benzene rings is 1. The molecule has 0 saturated carbocycles. The van der Waals surface area contributed by atoms with Crippen LogP contribution in [0.3, 0.4) is 0 Å². The number of aromatic amines is 1. The fourth-order valence-electron chi connectivity index (χ4n) is 3.44. The van der Waals surface area contributed by atoms with Crippen molar-refractivity contribution >= 4 is 5.91 Å². The molecule has 1 aromatic carbocycles. The largest absolute Gasteiger partial charge is 0.339 e. The van der Waals surface area contributed by atoms with Crippen LogP contribution in [0.4, 0.5) is 0 Å². The Morgan fingerprint density at radius 3 is 2.68 bits per heavy atom. The monoisotopic (exact) mass is 335 g/mol. The van der Waals surface area contributed by atoms with E-state index < -0.39 is 0 Å². The third-order valence-electron chi connectivity index (χ3n) is 4.84. The molecule has 0 radical (unpaired) electrons. The van der Waals surface area contributed by atoms with Crippen molar-refractivity contribution in [3.63, 3.8) is 0 Å². The highest BCUT2D eigenvalue weighted by Gasteiger charge is 2.26. The summed E-state index contributed by atoms with van der Waals surface area (Å²) in [5, 5.41) is 11.3. The number of amides is 1. The molecule has 0 spiro atoms. The van der Waals surface area contributed by atoms with Crippen LogP contribution < -0.4 is 0 Å². The topological polar surface area (TPSA) is 66.8 Å². The van der Waals surface area contributed by atoms with Crippen LogP contribution >= 0.6 is 0 Å². The first kappa shape index (κ1) is 15.6. The zero-order valence-corrected chi connectivity index (χ0v) is 14.0. The van der Waals surface area contributed by atoms with E-state index in [1.807, 2.05) is 58.4 Å². The van der Waals surface area contributed by atoms with Crippen LogP contribution in [-0.2, 0) is 6.54 Å². The smallest absolute Gasteiger partial charge is 0.257 e. The number of H-pyrrole nitrogens is 1. The van der Waals surface area contributed by atoms with E-state index in [9.17, 15) is 4.79 Å². The fraction of sp³-hybridized carbons (Fsp3) is 0.316. The number of piperidine rings is 1. The Hall–Kier alpha value is -2.89. The minimum absolute atomic E-state index is 0.0603. The summed E-state index contributed by atoms with van der Waals surface area (Å²) in [6.07, 6.45) is 7.45. The highest BCUT2D eigenvalue weighted by atomic mass is 16.2. The first-order chi connectivity index (χ1) is 12.3. The Morgan fingerprint density at radius 1 is 1.16 bits per heavy atom. The lowest BCUT2D eigenvalue weighted by molar-refractivity contribution is 0.0682. The molecule has 0 atom stereocenters. The number of hydrogen-bond acceptors (Lipinski definition) is 3. The first-order valence-corrected chi connectivity index (χ1v) is 8.67. The molecule has 3 aromatic rings. The molecule has 0 bridgehead atoms. The summed E-state index contributed by atoms with van der Waals surface area (Å²) >= 11 is 0. The summed E-state index contributed by atoms with van der Waals surface area (Å²) < 4.78 is 1.98. The van der Waals surface area contributed by atoms with Gasteiger partial charge in [0, 0.05) is 37.6 Å². The van der Waals surface area contributed by atoms with E-state index in [4.69, 9.17) is 0 Å². The van der Waals surface area contributed by atoms with Gasteiger partial charge in [0.05, 0.1) is 17.5 Å². The molecule has 25 heavy (non-hydrogen) atoms. The van der Waals surface area contributed by atoms with Crippen LogP contribution in [0.5, 0.6) is 0 Å². The second kappa shape index (κ2) is 6.93. The molecular weight excluding hydrogens is 314 g/mol. The first-order valence-electron chi connectivity index (χ1n) is 8.67. The van der Waals surface area contributed by atoms with Crippen molar-refractivity contribution in [1.29, 1.82) is 0 Å². The highest BCUT2D eigenvalue weighted by Crippen LogP contribution is 2.25. The molecule has 3 heterocycles. The van der Waals surface area contributed by atoms with E-state index in [1.165, 1.54) is 0 Å². The maximum absolute atomic E-state index is 12.9. The molecule has 128 valence electrons. The minimum Gasteiger partial charge on any atom is -0.339 e. The van der Waals surface area contributed by atoms with Gasteiger partial charge in [-0.2, -0.15) is 10.2 Å². The van der Waals surface area contributed by atoms with Gasteiger partial charge in [0.2, 0.25) is 0 Å². The second-order valence-corrected chi connectivity index (χ2v) is 6.49. The van der Waals surface area contributed by atoms with Crippen LogP contribution in [0.15, 0.2) is 55.0 Å². The lowest BCUT2D eigenvalue weighted by atomic mass is 9.96. The predicted octanol–water partition coefficient (Wildman–Crippen LogP) is 2.83. The average molecular weight is 335 g/mol. The van der Waals surface area contributed by atoms with Gasteiger partial charge in [-0.05, 0) is 24.8 Å². The maximum Gasteiger partial charge on any atom is 0.257 e. The summed E-state index contributed by atoms with van der Waals surface area (Å²) in [4.78, 5) is 14.9. The molecule has 1 aliphatic heterocycles. The quantitative estimate of drug-likeness (QED) is 0.797. The van der Waals surface area contributed by atoms with Crippen LogP contribution in [0.1, 0.15) is 23.2 Å². The zero-order chi connectivity index (χ0) is 17.1. The average Bonchev–Trinajstić information content (AvgIpc) is 3.34. The van der Waals surface area contributed by atoms with Crippen LogP contribution in [0.25, 0.3) is 11.3 Å². The molecule has 6 heteroatoms. The minimum atomic E-state index is 0.0603. The number of likely N-dealkylation sites (tertiary alicyclic amines) is 1. The molecule has 2 aromatic heterocycles. The summed E-state index contributed by atoms with van der Waals surface area (Å²) in [7, 11) is 0. The maximum atomic E-state index is 12.9. The van der Waals surface area contributed by atoms with E-state index in [0.29, 0.717) is 11.5 Å². The van der Waals surface area contributed by atoms with Crippen molar-refractivity contribution < 1.29 is 4.79 Å². The fourth-order valence-corrected chi connectivity index (χ4v) is 3.44. The highest BCUT2D eigenvalue weighted by molar-refractivity contribution is 5.99. The van der Waals surface area contributed by atoms with Gasteiger partial charge in [-0.15, -0.1) is 0 Å². The SMILES string of the molecule is O=C(c1cn[nH]c1-c1ccccc1)N1CCC(Cn2cccn2)CC1. The van der Waals surface area contributed by atoms with Gasteiger partial charge < -0.3 is 4.90 Å². The van der Waals surface area contributed by atoms with E-state index in [0.717, 1.165) is 43.7 Å². The molecule has 1 N–H and O–H groups in total. The molecule has 4 rings (SSSR count). The number of nitrogens with one attached hydrogen (secondary N) is 1. The lowest BCUT2D eigenvalue weighted by Crippen LogP contribution is -2.39. The summed E-state index contributed by atoms with van der Waals surface area (Å²) in [5.74, 6) is 0.632. The molecule has 1 saturated heterocycles. The van der Waals surface area contributed by atoms with Crippen LogP contribution in [0, 0.1) is 5.92 Å². The Morgan fingerprint density at radius 2 is 1.96 bits per heavy atom. The summed E-state index contributed by atoms with van der Waals surface area (Å²) in [6, 6.07) is 11.8. The normalized spacial score (nSPS) is 15.4. The Balaban J connectivity index is 1.42. The third-order valence-corrected chi connectivity index (χ3v) is 4.84. The van der Waals surface area contributed by atoms with E-state index in [2.05, 4.69) is 15.3 Å². The van der Waals surface area contributed by atoms with Crippen molar-refractivity contribution in [2.75, 3.05) is 13.1 Å². The van der Waals surface area contributed by atoms with E-state index >= 15 is 0 Å².